The van der Waals surface area contributed by atoms with Crippen LogP contribution in [0, 0.1) is 0 Å². The van der Waals surface area contributed by atoms with Gasteiger partial charge in [-0.1, -0.05) is 64.7 Å². The molecule has 0 radical (unpaired) electrons. The average Bonchev–Trinajstić information content (AvgIpc) is 2.36. The number of rotatable bonds is 12. The number of hydrogen-bond donors (Lipinski definition) is 0. The van der Waals surface area contributed by atoms with Crippen LogP contribution in [0.2, 0.25) is 12.6 Å². The Kier molecular flexibility index (Phi) is 15.3. The first-order valence-corrected chi connectivity index (χ1v) is 9.81. The van der Waals surface area contributed by atoms with Crippen molar-refractivity contribution in [2.45, 2.75) is 77.3 Å². The maximum atomic E-state index is 5.48. The Morgan fingerprint density at radius 2 is 1.11 bits per heavy atom. The second kappa shape index (κ2) is 13.5. The van der Waals surface area contributed by atoms with Crippen molar-refractivity contribution in [1.82, 2.24) is 0 Å². The molecule has 0 amide bonds. The van der Waals surface area contributed by atoms with E-state index in [2.05, 4.69) is 13.5 Å². The molecule has 0 unspecified atom stereocenters. The predicted octanol–water partition coefficient (Wildman–Crippen LogP) is 5.03. The van der Waals surface area contributed by atoms with Gasteiger partial charge in [0.15, 0.2) is 0 Å². The van der Waals surface area contributed by atoms with Crippen LogP contribution in [0.25, 0.3) is 0 Å². The van der Waals surface area contributed by atoms with Crippen molar-refractivity contribution in [3.05, 3.63) is 0 Å². The van der Waals surface area contributed by atoms with Gasteiger partial charge in [-0.2, -0.15) is 0 Å². The molecule has 0 aliphatic carbocycles. The van der Waals surface area contributed by atoms with Crippen LogP contribution in [0.3, 0.4) is 0 Å². The van der Waals surface area contributed by atoms with Crippen LogP contribution in [-0.4, -0.2) is 22.8 Å². The lowest BCUT2D eigenvalue weighted by Gasteiger charge is -2.22. The lowest BCUT2D eigenvalue weighted by Crippen LogP contribution is -2.35. The SMILES string of the molecule is CCCCCCCCCCC[Si](C)(OC)OC.F. The lowest BCUT2D eigenvalue weighted by atomic mass is 10.1. The van der Waals surface area contributed by atoms with E-state index in [0.29, 0.717) is 0 Å². The maximum Gasteiger partial charge on any atom is 0.334 e. The van der Waals surface area contributed by atoms with E-state index in [-0.39, 0.29) is 4.70 Å². The fourth-order valence-corrected chi connectivity index (χ4v) is 3.51. The Morgan fingerprint density at radius 1 is 0.722 bits per heavy atom. The molecule has 18 heavy (non-hydrogen) atoms. The third-order valence-corrected chi connectivity index (χ3v) is 6.59. The topological polar surface area (TPSA) is 18.5 Å². The van der Waals surface area contributed by atoms with Crippen LogP contribution >= 0.6 is 0 Å². The van der Waals surface area contributed by atoms with Gasteiger partial charge < -0.3 is 8.85 Å². The van der Waals surface area contributed by atoms with E-state index in [9.17, 15) is 0 Å². The highest BCUT2D eigenvalue weighted by Crippen LogP contribution is 2.17. The minimum absolute atomic E-state index is 0. The molecule has 0 atom stereocenters. The maximum absolute atomic E-state index is 5.48. The Labute approximate surface area is 114 Å². The molecule has 2 nitrogen and oxygen atoms in total. The van der Waals surface area contributed by atoms with Crippen molar-refractivity contribution in [1.29, 1.82) is 0 Å². The summed E-state index contributed by atoms with van der Waals surface area (Å²) in [6, 6.07) is 1.13. The highest BCUT2D eigenvalue weighted by Gasteiger charge is 2.27. The van der Waals surface area contributed by atoms with Crippen LogP contribution in [0.4, 0.5) is 4.70 Å². The van der Waals surface area contributed by atoms with E-state index >= 15 is 0 Å². The molecule has 0 rings (SSSR count). The normalized spacial score (nSPS) is 11.3. The number of unbranched alkanes of at least 4 members (excludes halogenated alkanes) is 8. The summed E-state index contributed by atoms with van der Waals surface area (Å²) in [5, 5.41) is 0. The van der Waals surface area contributed by atoms with E-state index in [0.717, 1.165) is 6.04 Å². The molecule has 112 valence electrons. The Hall–Kier alpha value is 0.0669. The van der Waals surface area contributed by atoms with Crippen LogP contribution in [0.5, 0.6) is 0 Å². The monoisotopic (exact) mass is 280 g/mol. The molecule has 0 bridgehead atoms. The minimum atomic E-state index is -1.78. The molecule has 0 aromatic heterocycles. The van der Waals surface area contributed by atoms with Crippen LogP contribution < -0.4 is 0 Å². The zero-order valence-corrected chi connectivity index (χ0v) is 13.8. The predicted molar refractivity (Wildman–Crippen MR) is 80.2 cm³/mol. The van der Waals surface area contributed by atoms with E-state index in [4.69, 9.17) is 8.85 Å². The summed E-state index contributed by atoms with van der Waals surface area (Å²) in [5.41, 5.74) is 0. The van der Waals surface area contributed by atoms with Gasteiger partial charge in [0, 0.05) is 14.2 Å². The molecule has 0 saturated heterocycles. The van der Waals surface area contributed by atoms with Gasteiger partial charge in [-0.15, -0.1) is 0 Å². The van der Waals surface area contributed by atoms with Gasteiger partial charge in [0.25, 0.3) is 0 Å². The van der Waals surface area contributed by atoms with Gasteiger partial charge in [-0.25, -0.2) is 0 Å². The van der Waals surface area contributed by atoms with Gasteiger partial charge in [-0.05, 0) is 12.6 Å². The molecule has 0 N–H and O–H groups in total. The zero-order chi connectivity index (χ0) is 13.0. The molecule has 0 aromatic carbocycles. The molecule has 4 heteroatoms. The molecule has 0 spiro atoms. The highest BCUT2D eigenvalue weighted by atomic mass is 28.4. The largest absolute Gasteiger partial charge is 0.398 e. The Bertz CT molecular complexity index is 164. The van der Waals surface area contributed by atoms with Gasteiger partial charge in [0.05, 0.1) is 0 Å². The van der Waals surface area contributed by atoms with Crippen molar-refractivity contribution in [2.75, 3.05) is 14.2 Å². The van der Waals surface area contributed by atoms with Crippen molar-refractivity contribution in [3.63, 3.8) is 0 Å². The second-order valence-corrected chi connectivity index (χ2v) is 8.70. The average molecular weight is 280 g/mol. The third kappa shape index (κ3) is 11.2. The summed E-state index contributed by atoms with van der Waals surface area (Å²) in [6.07, 6.45) is 12.4. The summed E-state index contributed by atoms with van der Waals surface area (Å²) in [6.45, 7) is 4.42. The fourth-order valence-electron chi connectivity index (χ4n) is 2.04. The van der Waals surface area contributed by atoms with Gasteiger partial charge in [0.1, 0.15) is 0 Å². The van der Waals surface area contributed by atoms with Gasteiger partial charge in [-0.3, -0.25) is 4.70 Å². The highest BCUT2D eigenvalue weighted by molar-refractivity contribution is 6.65. The molecular formula is C14H33FO2Si. The van der Waals surface area contributed by atoms with Crippen LogP contribution in [-0.2, 0) is 8.85 Å². The number of hydrogen-bond acceptors (Lipinski definition) is 2. The van der Waals surface area contributed by atoms with Gasteiger partial charge >= 0.3 is 8.56 Å². The molecule has 0 heterocycles. The first-order valence-electron chi connectivity index (χ1n) is 7.29. The quantitative estimate of drug-likeness (QED) is 0.368. The third-order valence-electron chi connectivity index (χ3n) is 3.60. The fraction of sp³-hybridized carbons (Fsp3) is 1.00. The smallest absolute Gasteiger partial charge is 0.334 e. The molecular weight excluding hydrogens is 247 g/mol. The minimum Gasteiger partial charge on any atom is -0.398 e. The first kappa shape index (κ1) is 20.4. The molecule has 0 aliphatic heterocycles. The first-order chi connectivity index (χ1) is 8.18. The molecule has 0 aliphatic rings. The van der Waals surface area contributed by atoms with Crippen molar-refractivity contribution >= 4 is 8.56 Å². The van der Waals surface area contributed by atoms with Crippen molar-refractivity contribution < 1.29 is 13.6 Å². The van der Waals surface area contributed by atoms with Crippen LogP contribution in [0.15, 0.2) is 0 Å². The Balaban J connectivity index is 0. The summed E-state index contributed by atoms with van der Waals surface area (Å²) in [7, 11) is 1.78. The Morgan fingerprint density at radius 3 is 1.50 bits per heavy atom. The van der Waals surface area contributed by atoms with E-state index in [1.165, 1.54) is 57.8 Å². The molecule has 0 fully saturated rings. The standard InChI is InChI=1S/C14H32O2Si.FH/c1-5-6-7-8-9-10-11-12-13-14-17(4,15-2)16-3;/h5-14H2,1-4H3;1H. The van der Waals surface area contributed by atoms with E-state index < -0.39 is 8.56 Å². The molecule has 0 aromatic rings. The molecule has 0 saturated carbocycles. The van der Waals surface area contributed by atoms with Gasteiger partial charge in [0.2, 0.25) is 0 Å². The summed E-state index contributed by atoms with van der Waals surface area (Å²) < 4.78 is 11.0. The zero-order valence-electron chi connectivity index (χ0n) is 12.8. The van der Waals surface area contributed by atoms with Crippen molar-refractivity contribution in [2.24, 2.45) is 0 Å². The second-order valence-electron chi connectivity index (χ2n) is 5.12. The van der Waals surface area contributed by atoms with E-state index in [1.54, 1.807) is 14.2 Å². The summed E-state index contributed by atoms with van der Waals surface area (Å²) in [5.74, 6) is 0. The van der Waals surface area contributed by atoms with Crippen LogP contribution in [0.1, 0.15) is 64.7 Å². The summed E-state index contributed by atoms with van der Waals surface area (Å²) >= 11 is 0. The van der Waals surface area contributed by atoms with E-state index in [1.807, 2.05) is 0 Å². The summed E-state index contributed by atoms with van der Waals surface area (Å²) in [4.78, 5) is 0. The number of halogens is 1. The lowest BCUT2D eigenvalue weighted by molar-refractivity contribution is 0.248. The van der Waals surface area contributed by atoms with Crippen molar-refractivity contribution in [3.8, 4) is 0 Å².